The summed E-state index contributed by atoms with van der Waals surface area (Å²) in [5.41, 5.74) is 1.38. The molecule has 1 aliphatic rings. The van der Waals surface area contributed by atoms with Gasteiger partial charge in [0.25, 0.3) is 0 Å². The quantitative estimate of drug-likeness (QED) is 0.734. The van der Waals surface area contributed by atoms with E-state index in [1.54, 1.807) is 34.6 Å². The molecule has 0 aromatic carbocycles. The first kappa shape index (κ1) is 21.5. The van der Waals surface area contributed by atoms with Crippen LogP contribution in [0.15, 0.2) is 10.6 Å². The molecule has 1 amide bonds. The molecule has 8 heteroatoms. The fourth-order valence-electron chi connectivity index (χ4n) is 3.47. The number of aromatic amines is 1. The van der Waals surface area contributed by atoms with Crippen molar-refractivity contribution in [1.82, 2.24) is 10.3 Å². The van der Waals surface area contributed by atoms with Crippen LogP contribution in [-0.2, 0) is 4.79 Å². The van der Waals surface area contributed by atoms with Gasteiger partial charge in [-0.2, -0.15) is 10.5 Å². The van der Waals surface area contributed by atoms with Gasteiger partial charge in [-0.15, -0.1) is 0 Å². The van der Waals surface area contributed by atoms with Gasteiger partial charge in [0.15, 0.2) is 11.6 Å². The minimum Gasteiger partial charge on any atom is -0.355 e. The molecule has 146 valence electrons. The number of allylic oxidation sites excluding steroid dienone is 1. The van der Waals surface area contributed by atoms with Crippen LogP contribution in [0.2, 0.25) is 0 Å². The minimum absolute atomic E-state index is 0.121. The largest absolute Gasteiger partial charge is 0.355 e. The molecule has 0 aliphatic carbocycles. The molecule has 0 radical (unpaired) electrons. The predicted octanol–water partition coefficient (Wildman–Crippen LogP) is 3.17. The predicted molar refractivity (Wildman–Crippen MR) is 105 cm³/mol. The Kier molecular flexibility index (Phi) is 5.86. The lowest BCUT2D eigenvalue weighted by molar-refractivity contribution is -0.125. The first-order chi connectivity index (χ1) is 13.0. The van der Waals surface area contributed by atoms with Gasteiger partial charge in [0.1, 0.15) is 5.92 Å². The summed E-state index contributed by atoms with van der Waals surface area (Å²) in [5, 5.41) is 21.2. The van der Waals surface area contributed by atoms with Gasteiger partial charge in [0.05, 0.1) is 33.7 Å². The molecule has 0 spiro atoms. The van der Waals surface area contributed by atoms with Gasteiger partial charge in [-0.1, -0.05) is 25.6 Å². The summed E-state index contributed by atoms with van der Waals surface area (Å²) in [7, 11) is 0. The molecule has 0 unspecified atom stereocenters. The Hall–Kier alpha value is -2.84. The van der Waals surface area contributed by atoms with Crippen molar-refractivity contribution in [2.75, 3.05) is 0 Å². The highest BCUT2D eigenvalue weighted by Crippen LogP contribution is 2.43. The number of hydrogen-bond acceptors (Lipinski definition) is 6. The number of aryl methyl sites for hydroxylation is 1. The summed E-state index contributed by atoms with van der Waals surface area (Å²) in [6, 6.07) is 4.03. The molecule has 2 atom stereocenters. The molecule has 0 fully saturated rings. The number of nitriles is 2. The topological polar surface area (TPSA) is 127 Å². The molecule has 1 aromatic heterocycles. The monoisotopic (exact) mass is 398 g/mol. The Labute approximate surface area is 168 Å². The number of amides is 1. The lowest BCUT2D eigenvalue weighted by Crippen LogP contribution is -2.45. The van der Waals surface area contributed by atoms with E-state index in [0.29, 0.717) is 22.5 Å². The molecule has 1 aliphatic heterocycles. The fraction of sp³-hybridized carbons (Fsp3) is 0.450. The number of nitrogens with zero attached hydrogens (tertiary/aromatic N) is 2. The minimum atomic E-state index is -0.982. The Bertz CT molecular complexity index is 988. The van der Waals surface area contributed by atoms with Crippen molar-refractivity contribution in [3.63, 3.8) is 0 Å². The maximum atomic E-state index is 13.0. The summed E-state index contributed by atoms with van der Waals surface area (Å²) in [5.74, 6) is -1.83. The van der Waals surface area contributed by atoms with Crippen LogP contribution in [0, 0.1) is 47.8 Å². The zero-order valence-corrected chi connectivity index (χ0v) is 17.5. The number of thioether (sulfide) groups is 1. The average Bonchev–Trinajstić information content (AvgIpc) is 2.88. The molecule has 2 rings (SSSR count). The third-order valence-corrected chi connectivity index (χ3v) is 6.14. The van der Waals surface area contributed by atoms with Crippen molar-refractivity contribution in [2.24, 2.45) is 11.3 Å². The van der Waals surface area contributed by atoms with Gasteiger partial charge in [-0.25, -0.2) is 0 Å². The highest BCUT2D eigenvalue weighted by molar-refractivity contribution is 8.04. The summed E-state index contributed by atoms with van der Waals surface area (Å²) >= 11 is 1.07. The number of rotatable bonds is 5. The number of ketones is 2. The summed E-state index contributed by atoms with van der Waals surface area (Å²) < 4.78 is 0. The lowest BCUT2D eigenvalue weighted by atomic mass is 9.72. The Morgan fingerprint density at radius 3 is 2.32 bits per heavy atom. The molecule has 0 bridgehead atoms. The van der Waals surface area contributed by atoms with Gasteiger partial charge >= 0.3 is 0 Å². The van der Waals surface area contributed by atoms with Crippen molar-refractivity contribution in [2.45, 2.75) is 46.8 Å². The standard InChI is InChI=1S/C20H22N4O3S/c1-9-15(11(3)25)10(2)23-16(9)17(26)12(4)28-19-14(8-22)20(5,6)13(7-21)18(27)24-19/h12-13,23H,1-6H3,(H,24,27)/t12-,13-/m1/s1. The number of nitrogens with one attached hydrogen (secondary N) is 2. The van der Waals surface area contributed by atoms with Crippen molar-refractivity contribution in [1.29, 1.82) is 10.5 Å². The van der Waals surface area contributed by atoms with E-state index in [1.807, 2.05) is 6.07 Å². The van der Waals surface area contributed by atoms with E-state index >= 15 is 0 Å². The van der Waals surface area contributed by atoms with Gasteiger partial charge in [-0.05, 0) is 33.3 Å². The molecule has 2 N–H and O–H groups in total. The molecule has 28 heavy (non-hydrogen) atoms. The van der Waals surface area contributed by atoms with Crippen LogP contribution in [0.5, 0.6) is 0 Å². The van der Waals surface area contributed by atoms with Crippen LogP contribution in [0.4, 0.5) is 0 Å². The Morgan fingerprint density at radius 1 is 1.25 bits per heavy atom. The van der Waals surface area contributed by atoms with Gasteiger partial charge < -0.3 is 10.3 Å². The number of aromatic nitrogens is 1. The second-order valence-electron chi connectivity index (χ2n) is 7.39. The highest BCUT2D eigenvalue weighted by atomic mass is 32.2. The smallest absolute Gasteiger partial charge is 0.243 e. The number of H-pyrrole nitrogens is 1. The maximum Gasteiger partial charge on any atom is 0.243 e. The zero-order chi connectivity index (χ0) is 21.4. The third kappa shape index (κ3) is 3.48. The van der Waals surface area contributed by atoms with Crippen molar-refractivity contribution >= 4 is 29.2 Å². The average molecular weight is 398 g/mol. The number of carbonyl (C=O) groups is 3. The SMILES string of the molecule is CC(=O)c1c(C)[nH]c(C(=O)[C@@H](C)SC2=C(C#N)C(C)(C)[C@H](C#N)C(=O)N2)c1C. The zero-order valence-electron chi connectivity index (χ0n) is 16.7. The summed E-state index contributed by atoms with van der Waals surface area (Å²) in [4.78, 5) is 40.0. The number of carbonyl (C=O) groups excluding carboxylic acids is 3. The Morgan fingerprint density at radius 2 is 1.86 bits per heavy atom. The molecule has 0 saturated carbocycles. The molecular weight excluding hydrogens is 376 g/mol. The van der Waals surface area contributed by atoms with Gasteiger partial charge in [0, 0.05) is 16.7 Å². The van der Waals surface area contributed by atoms with E-state index in [-0.39, 0.29) is 22.2 Å². The summed E-state index contributed by atoms with van der Waals surface area (Å²) in [6.07, 6.45) is 0. The van der Waals surface area contributed by atoms with E-state index < -0.39 is 22.5 Å². The number of Topliss-reactive ketones (excluding diaryl/α,β-unsaturated/α-hetero) is 2. The van der Waals surface area contributed by atoms with E-state index in [1.165, 1.54) is 6.92 Å². The molecule has 1 aromatic rings. The second-order valence-corrected chi connectivity index (χ2v) is 8.75. The van der Waals surface area contributed by atoms with Crippen molar-refractivity contribution in [3.05, 3.63) is 33.1 Å². The van der Waals surface area contributed by atoms with E-state index in [4.69, 9.17) is 0 Å². The van der Waals surface area contributed by atoms with Crippen LogP contribution in [0.3, 0.4) is 0 Å². The first-order valence-electron chi connectivity index (χ1n) is 8.73. The van der Waals surface area contributed by atoms with Crippen LogP contribution in [0.25, 0.3) is 0 Å². The van der Waals surface area contributed by atoms with E-state index in [2.05, 4.69) is 16.4 Å². The maximum absolute atomic E-state index is 13.0. The molecule has 0 saturated heterocycles. The Balaban J connectivity index is 2.39. The third-order valence-electron chi connectivity index (χ3n) is 5.03. The summed E-state index contributed by atoms with van der Waals surface area (Å²) in [6.45, 7) is 9.92. The second kappa shape index (κ2) is 7.65. The van der Waals surface area contributed by atoms with Gasteiger partial charge in [0.2, 0.25) is 5.91 Å². The molecule has 7 nitrogen and oxygen atoms in total. The fourth-order valence-corrected chi connectivity index (χ4v) is 4.64. The lowest BCUT2D eigenvalue weighted by Gasteiger charge is -2.35. The molecular formula is C20H22N4O3S. The van der Waals surface area contributed by atoms with E-state index in [9.17, 15) is 24.9 Å². The van der Waals surface area contributed by atoms with Crippen LogP contribution < -0.4 is 5.32 Å². The van der Waals surface area contributed by atoms with Crippen LogP contribution >= 0.6 is 11.8 Å². The van der Waals surface area contributed by atoms with Crippen LogP contribution in [0.1, 0.15) is 59.8 Å². The molecule has 2 heterocycles. The van der Waals surface area contributed by atoms with Crippen molar-refractivity contribution in [3.8, 4) is 12.1 Å². The van der Waals surface area contributed by atoms with Crippen LogP contribution in [-0.4, -0.2) is 27.7 Å². The number of hydrogen-bond donors (Lipinski definition) is 2. The van der Waals surface area contributed by atoms with Crippen molar-refractivity contribution < 1.29 is 14.4 Å². The van der Waals surface area contributed by atoms with Gasteiger partial charge in [-0.3, -0.25) is 14.4 Å². The van der Waals surface area contributed by atoms with E-state index in [0.717, 1.165) is 11.8 Å². The highest BCUT2D eigenvalue weighted by Gasteiger charge is 2.45. The normalized spacial score (nSPS) is 19.4. The first-order valence-corrected chi connectivity index (χ1v) is 9.61.